The van der Waals surface area contributed by atoms with Gasteiger partial charge in [-0.25, -0.2) is 4.98 Å². The Hall–Kier alpha value is -2.22. The van der Waals surface area contributed by atoms with Crippen molar-refractivity contribution >= 4 is 32.9 Å². The van der Waals surface area contributed by atoms with Crippen LogP contribution in [0.3, 0.4) is 0 Å². The lowest BCUT2D eigenvalue weighted by atomic mass is 10.1. The number of nitrogens with one attached hydrogen (secondary N) is 1. The van der Waals surface area contributed by atoms with Crippen molar-refractivity contribution in [1.29, 1.82) is 0 Å². The summed E-state index contributed by atoms with van der Waals surface area (Å²) in [6.45, 7) is 3.17. The van der Waals surface area contributed by atoms with Gasteiger partial charge in [-0.2, -0.15) is 0 Å². The zero-order chi connectivity index (χ0) is 19.3. The predicted molar refractivity (Wildman–Crippen MR) is 116 cm³/mol. The van der Waals surface area contributed by atoms with Gasteiger partial charge in [0.1, 0.15) is 10.7 Å². The van der Waals surface area contributed by atoms with Gasteiger partial charge in [-0.1, -0.05) is 6.07 Å². The molecule has 2 unspecified atom stereocenters. The number of aryl methyl sites for hydroxylation is 1. The molecule has 0 spiro atoms. The molecule has 0 aliphatic carbocycles. The van der Waals surface area contributed by atoms with Crippen molar-refractivity contribution in [1.82, 2.24) is 19.4 Å². The number of hydrogen-bond acceptors (Lipinski definition) is 5. The molecular weight excluding hydrogens is 388 g/mol. The zero-order valence-electron chi connectivity index (χ0n) is 15.9. The van der Waals surface area contributed by atoms with Gasteiger partial charge >= 0.3 is 0 Å². The molecule has 1 fully saturated rings. The van der Waals surface area contributed by atoms with E-state index in [0.29, 0.717) is 11.4 Å². The number of nitrogens with zero attached hydrogens (tertiary/aromatic N) is 3. The molecule has 144 valence electrons. The Morgan fingerprint density at radius 1 is 1.29 bits per heavy atom. The van der Waals surface area contributed by atoms with Gasteiger partial charge in [-0.3, -0.25) is 9.69 Å². The van der Waals surface area contributed by atoms with E-state index in [1.165, 1.54) is 5.69 Å². The highest BCUT2D eigenvalue weighted by Crippen LogP contribution is 2.38. The molecule has 2 atom stereocenters. The number of aromatic amines is 1. The van der Waals surface area contributed by atoms with Crippen LogP contribution in [0, 0.1) is 0 Å². The minimum absolute atomic E-state index is 0.0360. The van der Waals surface area contributed by atoms with Crippen LogP contribution in [-0.2, 0) is 7.05 Å². The zero-order valence-corrected chi connectivity index (χ0v) is 17.5. The number of likely N-dealkylation sites (tertiary alicyclic amines) is 1. The quantitative estimate of drug-likeness (QED) is 0.518. The summed E-state index contributed by atoms with van der Waals surface area (Å²) in [5.41, 5.74) is 2.28. The van der Waals surface area contributed by atoms with E-state index in [4.69, 9.17) is 4.98 Å². The molecule has 1 aliphatic heterocycles. The number of hydrogen-bond donors (Lipinski definition) is 1. The standard InChI is InChI=1S/C21H22N4OS2/c1-13(25-10-4-7-16(25)15-6-3-9-24(15)2)19-22-20(26)18-14(12-28-21(18)23-19)17-8-5-11-27-17/h3,5-6,8-9,11-13,16H,4,7,10H2,1-2H3,(H,22,23,26). The predicted octanol–water partition coefficient (Wildman–Crippen LogP) is 4.95. The molecule has 1 N–H and O–H groups in total. The second kappa shape index (κ2) is 6.99. The second-order valence-corrected chi connectivity index (χ2v) is 9.18. The summed E-state index contributed by atoms with van der Waals surface area (Å²) < 4.78 is 2.20. The third-order valence-corrected chi connectivity index (χ3v) is 7.54. The van der Waals surface area contributed by atoms with E-state index in [1.807, 2.05) is 11.4 Å². The third-order valence-electron chi connectivity index (χ3n) is 5.76. The average molecular weight is 411 g/mol. The van der Waals surface area contributed by atoms with Crippen molar-refractivity contribution in [3.63, 3.8) is 0 Å². The van der Waals surface area contributed by atoms with Crippen molar-refractivity contribution in [2.75, 3.05) is 6.54 Å². The Kier molecular flexibility index (Phi) is 4.45. The van der Waals surface area contributed by atoms with Crippen molar-refractivity contribution in [2.45, 2.75) is 31.8 Å². The lowest BCUT2D eigenvalue weighted by Crippen LogP contribution is -2.30. The Morgan fingerprint density at radius 2 is 2.18 bits per heavy atom. The van der Waals surface area contributed by atoms with E-state index < -0.39 is 0 Å². The van der Waals surface area contributed by atoms with Gasteiger partial charge in [0, 0.05) is 34.8 Å². The number of aromatic nitrogens is 3. The molecule has 5 nitrogen and oxygen atoms in total. The molecule has 4 aromatic heterocycles. The number of rotatable bonds is 4. The van der Waals surface area contributed by atoms with Gasteiger partial charge in [0.05, 0.1) is 17.5 Å². The highest BCUT2D eigenvalue weighted by Gasteiger charge is 2.33. The molecule has 4 aromatic rings. The Balaban J connectivity index is 1.52. The molecule has 7 heteroatoms. The fraction of sp³-hybridized carbons (Fsp3) is 0.333. The lowest BCUT2D eigenvalue weighted by Gasteiger charge is -2.30. The van der Waals surface area contributed by atoms with Crippen LogP contribution in [0.2, 0.25) is 0 Å². The SMILES string of the molecule is CC(c1nc2scc(-c3cccs3)c2c(=O)[nH]1)N1CCCC1c1cccn1C. The summed E-state index contributed by atoms with van der Waals surface area (Å²) in [4.78, 5) is 25.3. The summed E-state index contributed by atoms with van der Waals surface area (Å²) in [7, 11) is 2.10. The van der Waals surface area contributed by atoms with Gasteiger partial charge in [0.2, 0.25) is 0 Å². The van der Waals surface area contributed by atoms with Crippen LogP contribution in [0.5, 0.6) is 0 Å². The number of thiophene rings is 2. The molecule has 5 rings (SSSR count). The Morgan fingerprint density at radius 3 is 2.93 bits per heavy atom. The molecule has 5 heterocycles. The maximum absolute atomic E-state index is 13.0. The van der Waals surface area contributed by atoms with Gasteiger partial charge in [-0.05, 0) is 49.9 Å². The smallest absolute Gasteiger partial charge is 0.260 e. The first-order valence-electron chi connectivity index (χ1n) is 9.55. The van der Waals surface area contributed by atoms with Crippen LogP contribution in [-0.4, -0.2) is 26.0 Å². The summed E-state index contributed by atoms with van der Waals surface area (Å²) in [5, 5.41) is 4.80. The van der Waals surface area contributed by atoms with Crippen LogP contribution in [0.25, 0.3) is 20.7 Å². The van der Waals surface area contributed by atoms with Gasteiger partial charge in [0.25, 0.3) is 5.56 Å². The third kappa shape index (κ3) is 2.85. The Bertz CT molecular complexity index is 1170. The molecule has 0 aromatic carbocycles. The van der Waals surface area contributed by atoms with Crippen molar-refractivity contribution < 1.29 is 0 Å². The minimum atomic E-state index is -0.0360. The van der Waals surface area contributed by atoms with E-state index in [1.54, 1.807) is 22.7 Å². The Labute approximate surface area is 171 Å². The van der Waals surface area contributed by atoms with E-state index in [9.17, 15) is 4.79 Å². The van der Waals surface area contributed by atoms with Crippen LogP contribution >= 0.6 is 22.7 Å². The first-order valence-corrected chi connectivity index (χ1v) is 11.3. The van der Waals surface area contributed by atoms with E-state index in [2.05, 4.69) is 58.2 Å². The minimum Gasteiger partial charge on any atom is -0.353 e. The van der Waals surface area contributed by atoms with Gasteiger partial charge < -0.3 is 9.55 Å². The van der Waals surface area contributed by atoms with E-state index >= 15 is 0 Å². The summed E-state index contributed by atoms with van der Waals surface area (Å²) in [6, 6.07) is 8.78. The topological polar surface area (TPSA) is 53.9 Å². The molecular formula is C21H22N4OS2. The largest absolute Gasteiger partial charge is 0.353 e. The molecule has 1 saturated heterocycles. The van der Waals surface area contributed by atoms with Crippen molar-refractivity contribution in [3.05, 3.63) is 63.1 Å². The van der Waals surface area contributed by atoms with Crippen LogP contribution in [0.4, 0.5) is 0 Å². The molecule has 0 amide bonds. The monoisotopic (exact) mass is 410 g/mol. The lowest BCUT2D eigenvalue weighted by molar-refractivity contribution is 0.181. The van der Waals surface area contributed by atoms with Gasteiger partial charge in [0.15, 0.2) is 0 Å². The van der Waals surface area contributed by atoms with E-state index in [-0.39, 0.29) is 11.6 Å². The van der Waals surface area contributed by atoms with Gasteiger partial charge in [-0.15, -0.1) is 22.7 Å². The molecule has 0 bridgehead atoms. The van der Waals surface area contributed by atoms with Crippen LogP contribution in [0.15, 0.2) is 46.0 Å². The number of fused-ring (bicyclic) bond motifs is 1. The first-order chi connectivity index (χ1) is 13.6. The average Bonchev–Trinajstić information content (AvgIpc) is 3.46. The van der Waals surface area contributed by atoms with Crippen molar-refractivity contribution in [3.8, 4) is 10.4 Å². The second-order valence-electron chi connectivity index (χ2n) is 7.37. The normalized spacial score (nSPS) is 18.9. The molecule has 1 aliphatic rings. The van der Waals surface area contributed by atoms with Crippen LogP contribution in [0.1, 0.15) is 43.4 Å². The van der Waals surface area contributed by atoms with E-state index in [0.717, 1.165) is 40.5 Å². The highest BCUT2D eigenvalue weighted by molar-refractivity contribution is 7.18. The van der Waals surface area contributed by atoms with Crippen molar-refractivity contribution in [2.24, 2.45) is 7.05 Å². The molecule has 0 saturated carbocycles. The number of H-pyrrole nitrogens is 1. The first kappa shape index (κ1) is 17.8. The summed E-state index contributed by atoms with van der Waals surface area (Å²) >= 11 is 3.21. The highest BCUT2D eigenvalue weighted by atomic mass is 32.1. The fourth-order valence-corrected chi connectivity index (χ4v) is 6.09. The molecule has 28 heavy (non-hydrogen) atoms. The molecule has 0 radical (unpaired) electrons. The summed E-state index contributed by atoms with van der Waals surface area (Å²) in [6.07, 6.45) is 4.39. The maximum atomic E-state index is 13.0. The summed E-state index contributed by atoms with van der Waals surface area (Å²) in [5.74, 6) is 0.762. The van der Waals surface area contributed by atoms with Crippen LogP contribution < -0.4 is 5.56 Å². The maximum Gasteiger partial charge on any atom is 0.260 e. The fourth-order valence-electron chi connectivity index (χ4n) is 4.32.